The van der Waals surface area contributed by atoms with Crippen LogP contribution < -0.4 is 5.32 Å². The molecule has 0 radical (unpaired) electrons. The van der Waals surface area contributed by atoms with E-state index in [1.165, 1.54) is 7.11 Å². The van der Waals surface area contributed by atoms with Crippen molar-refractivity contribution in [1.82, 2.24) is 4.90 Å². The van der Waals surface area contributed by atoms with Crippen molar-refractivity contribution in [2.45, 2.75) is 64.0 Å². The van der Waals surface area contributed by atoms with Crippen LogP contribution in [-0.2, 0) is 14.2 Å². The number of halogens is 2. The minimum atomic E-state index is -2.65. The first-order chi connectivity index (χ1) is 15.9. The maximum atomic E-state index is 13.9. The second kappa shape index (κ2) is 8.98. The molecule has 0 bridgehead atoms. The average Bonchev–Trinajstić information content (AvgIpc) is 2.69. The summed E-state index contributed by atoms with van der Waals surface area (Å²) in [4.78, 5) is 27.0. The van der Waals surface area contributed by atoms with E-state index in [4.69, 9.17) is 14.2 Å². The van der Waals surface area contributed by atoms with Gasteiger partial charge in [-0.1, -0.05) is 6.07 Å². The number of likely N-dealkylation sites (tertiary alicyclic amines) is 1. The Morgan fingerprint density at radius 1 is 1.24 bits per heavy atom. The Balaban J connectivity index is 1.67. The van der Waals surface area contributed by atoms with E-state index in [0.717, 1.165) is 5.56 Å². The molecule has 1 aromatic carbocycles. The highest BCUT2D eigenvalue weighted by molar-refractivity contribution is 5.91. The van der Waals surface area contributed by atoms with E-state index in [9.17, 15) is 18.4 Å². The molecule has 34 heavy (non-hydrogen) atoms. The van der Waals surface area contributed by atoms with E-state index in [1.807, 2.05) is 0 Å². The first kappa shape index (κ1) is 24.7. The highest BCUT2D eigenvalue weighted by atomic mass is 19.3. The summed E-state index contributed by atoms with van der Waals surface area (Å²) in [5, 5.41) is 3.40. The quantitative estimate of drug-likeness (QED) is 0.597. The summed E-state index contributed by atoms with van der Waals surface area (Å²) < 4.78 is 43.6. The van der Waals surface area contributed by atoms with E-state index in [1.54, 1.807) is 43.9 Å². The monoisotopic (exact) mass is 480 g/mol. The number of piperidine rings is 1. The summed E-state index contributed by atoms with van der Waals surface area (Å²) in [6.45, 7) is 7.70. The van der Waals surface area contributed by atoms with Crippen molar-refractivity contribution in [2.24, 2.45) is 11.3 Å². The number of benzene rings is 1. The Morgan fingerprint density at radius 2 is 1.94 bits per heavy atom. The average molecular weight is 481 g/mol. The van der Waals surface area contributed by atoms with Gasteiger partial charge < -0.3 is 24.4 Å². The molecule has 1 unspecified atom stereocenters. The summed E-state index contributed by atoms with van der Waals surface area (Å²) in [6.07, 6.45) is 0.137. The van der Waals surface area contributed by atoms with Gasteiger partial charge in [-0.15, -0.1) is 0 Å². The number of methoxy groups -OCH3 is 1. The number of ether oxygens (including phenoxy) is 3. The fraction of sp³-hybridized carbons (Fsp3) is 0.680. The van der Waals surface area contributed by atoms with Gasteiger partial charge in [-0.25, -0.2) is 18.4 Å². The number of carbonyl (C=O) groups excluding carboxylic acids is 2. The lowest BCUT2D eigenvalue weighted by Crippen LogP contribution is -2.54. The number of hydrogen-bond donors (Lipinski definition) is 1. The van der Waals surface area contributed by atoms with Crippen molar-refractivity contribution in [2.75, 3.05) is 38.7 Å². The van der Waals surface area contributed by atoms with Crippen LogP contribution in [0.25, 0.3) is 0 Å². The van der Waals surface area contributed by atoms with Crippen molar-refractivity contribution in [1.29, 1.82) is 0 Å². The lowest BCUT2D eigenvalue weighted by atomic mass is 9.59. The largest absolute Gasteiger partial charge is 0.465 e. The molecule has 4 rings (SSSR count). The van der Waals surface area contributed by atoms with E-state index < -0.39 is 35.0 Å². The number of amides is 1. The summed E-state index contributed by atoms with van der Waals surface area (Å²) in [5.74, 6) is -2.78. The molecule has 1 atom stereocenters. The van der Waals surface area contributed by atoms with Gasteiger partial charge >= 0.3 is 12.1 Å². The van der Waals surface area contributed by atoms with Gasteiger partial charge in [0, 0.05) is 37.5 Å². The van der Waals surface area contributed by atoms with Gasteiger partial charge in [0.25, 0.3) is 0 Å². The molecule has 3 aliphatic rings. The highest BCUT2D eigenvalue weighted by Crippen LogP contribution is 2.60. The van der Waals surface area contributed by atoms with Crippen molar-refractivity contribution in [3.8, 4) is 0 Å². The van der Waals surface area contributed by atoms with Gasteiger partial charge in [-0.3, -0.25) is 0 Å². The van der Waals surface area contributed by atoms with E-state index >= 15 is 0 Å². The zero-order chi connectivity index (χ0) is 24.7. The molecule has 2 aliphatic heterocycles. The smallest absolute Gasteiger partial charge is 0.410 e. The molecule has 2 heterocycles. The van der Waals surface area contributed by atoms with Gasteiger partial charge in [0.1, 0.15) is 5.60 Å². The van der Waals surface area contributed by atoms with Crippen LogP contribution in [0, 0.1) is 11.3 Å². The second-order valence-electron chi connectivity index (χ2n) is 10.9. The molecule has 3 fully saturated rings. The Morgan fingerprint density at radius 3 is 2.50 bits per heavy atom. The standard InChI is InChI=1S/C25H34F2N2O5/c1-23(2,3)34-22(31)29-8-7-24(14-25(26,27)15-24)10-20(29)18-6-5-17(21(30)32-4)9-19(18)28-11-16-12-33-13-16/h5-6,9,16,20,28H,7-8,10-15H2,1-4H3. The third-order valence-electron chi connectivity index (χ3n) is 6.90. The van der Waals surface area contributed by atoms with Crippen LogP contribution in [0.4, 0.5) is 19.3 Å². The highest BCUT2D eigenvalue weighted by Gasteiger charge is 2.59. The minimum Gasteiger partial charge on any atom is -0.465 e. The Bertz CT molecular complexity index is 934. The van der Waals surface area contributed by atoms with Crippen LogP contribution in [0.2, 0.25) is 0 Å². The van der Waals surface area contributed by atoms with Gasteiger partial charge in [-0.05, 0) is 56.7 Å². The molecule has 1 aromatic rings. The Kier molecular flexibility index (Phi) is 6.52. The van der Waals surface area contributed by atoms with E-state index in [-0.39, 0.29) is 12.8 Å². The molecular weight excluding hydrogens is 446 g/mol. The molecule has 7 nitrogen and oxygen atoms in total. The van der Waals surface area contributed by atoms with Crippen LogP contribution in [0.5, 0.6) is 0 Å². The molecular formula is C25H34F2N2O5. The molecule has 2 saturated heterocycles. The number of anilines is 1. The summed E-state index contributed by atoms with van der Waals surface area (Å²) in [7, 11) is 1.32. The summed E-state index contributed by atoms with van der Waals surface area (Å²) >= 11 is 0. The van der Waals surface area contributed by atoms with Crippen LogP contribution in [-0.4, -0.2) is 61.9 Å². The number of carbonyl (C=O) groups is 2. The third-order valence-corrected chi connectivity index (χ3v) is 6.90. The van der Waals surface area contributed by atoms with Crippen LogP contribution in [0.15, 0.2) is 18.2 Å². The number of nitrogens with zero attached hydrogens (tertiary/aromatic N) is 1. The molecule has 0 aromatic heterocycles. The number of nitrogens with one attached hydrogen (secondary N) is 1. The topological polar surface area (TPSA) is 77.1 Å². The molecule has 1 spiro atoms. The van der Waals surface area contributed by atoms with Crippen molar-refractivity contribution >= 4 is 17.7 Å². The maximum absolute atomic E-state index is 13.9. The first-order valence-corrected chi connectivity index (χ1v) is 11.8. The zero-order valence-corrected chi connectivity index (χ0v) is 20.3. The predicted molar refractivity (Wildman–Crippen MR) is 122 cm³/mol. The molecule has 1 aliphatic carbocycles. The molecule has 1 saturated carbocycles. The number of rotatable bonds is 5. The van der Waals surface area contributed by atoms with Crippen LogP contribution in [0.1, 0.15) is 68.4 Å². The fourth-order valence-electron chi connectivity index (χ4n) is 5.22. The van der Waals surface area contributed by atoms with E-state index in [0.29, 0.717) is 56.3 Å². The fourth-order valence-corrected chi connectivity index (χ4v) is 5.22. The predicted octanol–water partition coefficient (Wildman–Crippen LogP) is 5.02. The van der Waals surface area contributed by atoms with Gasteiger partial charge in [0.05, 0.1) is 31.9 Å². The number of alkyl halides is 2. The summed E-state index contributed by atoms with van der Waals surface area (Å²) in [5.41, 5.74) is 0.667. The number of esters is 1. The zero-order valence-electron chi connectivity index (χ0n) is 20.3. The number of hydrogen-bond acceptors (Lipinski definition) is 6. The molecule has 1 N–H and O–H groups in total. The Hall–Kier alpha value is -2.42. The molecule has 9 heteroatoms. The molecule has 1 amide bonds. The summed E-state index contributed by atoms with van der Waals surface area (Å²) in [6, 6.07) is 4.71. The maximum Gasteiger partial charge on any atom is 0.410 e. The first-order valence-electron chi connectivity index (χ1n) is 11.8. The van der Waals surface area contributed by atoms with E-state index in [2.05, 4.69) is 5.32 Å². The SMILES string of the molecule is COC(=O)c1ccc(C2CC3(CCN2C(=O)OC(C)(C)C)CC(F)(F)C3)c(NCC2COC2)c1. The van der Waals surface area contributed by atoms with Gasteiger partial charge in [-0.2, -0.15) is 0 Å². The third kappa shape index (κ3) is 5.29. The van der Waals surface area contributed by atoms with Crippen molar-refractivity contribution in [3.63, 3.8) is 0 Å². The second-order valence-corrected chi connectivity index (χ2v) is 10.9. The van der Waals surface area contributed by atoms with Gasteiger partial charge in [0.15, 0.2) is 0 Å². The minimum absolute atomic E-state index is 0.166. The molecule has 188 valence electrons. The van der Waals surface area contributed by atoms with Crippen molar-refractivity contribution < 1.29 is 32.6 Å². The van der Waals surface area contributed by atoms with Crippen LogP contribution in [0.3, 0.4) is 0 Å². The van der Waals surface area contributed by atoms with Crippen LogP contribution >= 0.6 is 0 Å². The van der Waals surface area contributed by atoms with Crippen molar-refractivity contribution in [3.05, 3.63) is 29.3 Å². The lowest BCUT2D eigenvalue weighted by Gasteiger charge is -2.54. The Labute approximate surface area is 199 Å². The normalized spacial score (nSPS) is 23.6. The van der Waals surface area contributed by atoms with Gasteiger partial charge in [0.2, 0.25) is 5.92 Å². The lowest BCUT2D eigenvalue weighted by molar-refractivity contribution is -0.183.